The molecule has 0 amide bonds. The molecule has 27 heavy (non-hydrogen) atoms. The Labute approximate surface area is 168 Å². The molecular formula is C21H31NO3SSi. The summed E-state index contributed by atoms with van der Waals surface area (Å²) in [5.74, 6) is -0.317. The zero-order chi connectivity index (χ0) is 20.2. The molecular weight excluding hydrogens is 374 g/mol. The Bertz CT molecular complexity index is 765. The van der Waals surface area contributed by atoms with Crippen molar-refractivity contribution < 1.29 is 14.0 Å². The predicted octanol–water partition coefficient (Wildman–Crippen LogP) is 6.02. The van der Waals surface area contributed by atoms with E-state index in [1.807, 2.05) is 36.4 Å². The number of hydrogen-bond donors (Lipinski definition) is 1. The van der Waals surface area contributed by atoms with Gasteiger partial charge in [0.05, 0.1) is 19.4 Å². The average Bonchev–Trinajstić information content (AvgIpc) is 3.03. The fraction of sp³-hybridized carbons (Fsp3) is 0.476. The molecule has 2 rings (SSSR count). The number of rotatable bonds is 7. The van der Waals surface area contributed by atoms with E-state index in [0.717, 1.165) is 16.1 Å². The SMILES string of the molecule is COC(=O)c1sc(-c2ccccc2)cc1NC(C)CO[Si](C)(C)C(C)(C)C. The summed E-state index contributed by atoms with van der Waals surface area (Å²) in [6.07, 6.45) is 0. The first-order valence-electron chi connectivity index (χ1n) is 9.23. The van der Waals surface area contributed by atoms with Crippen molar-refractivity contribution in [2.75, 3.05) is 19.0 Å². The maximum atomic E-state index is 12.2. The van der Waals surface area contributed by atoms with Crippen LogP contribution in [-0.4, -0.2) is 34.0 Å². The van der Waals surface area contributed by atoms with Crippen LogP contribution in [0.25, 0.3) is 10.4 Å². The summed E-state index contributed by atoms with van der Waals surface area (Å²) in [7, 11) is -0.389. The molecule has 0 bridgehead atoms. The zero-order valence-electron chi connectivity index (χ0n) is 17.4. The second-order valence-electron chi connectivity index (χ2n) is 8.33. The molecule has 1 aromatic carbocycles. The highest BCUT2D eigenvalue weighted by atomic mass is 32.1. The average molecular weight is 406 g/mol. The molecule has 1 heterocycles. The fourth-order valence-corrected chi connectivity index (χ4v) is 4.49. The van der Waals surface area contributed by atoms with Crippen molar-refractivity contribution in [2.45, 2.75) is 51.9 Å². The lowest BCUT2D eigenvalue weighted by Crippen LogP contribution is -2.43. The first kappa shape index (κ1) is 21.7. The van der Waals surface area contributed by atoms with Crippen LogP contribution in [0.4, 0.5) is 5.69 Å². The maximum Gasteiger partial charge on any atom is 0.350 e. The lowest BCUT2D eigenvalue weighted by molar-refractivity contribution is 0.0607. The van der Waals surface area contributed by atoms with Gasteiger partial charge in [-0.25, -0.2) is 4.79 Å². The third-order valence-electron chi connectivity index (χ3n) is 5.06. The molecule has 1 N–H and O–H groups in total. The smallest absolute Gasteiger partial charge is 0.350 e. The lowest BCUT2D eigenvalue weighted by Gasteiger charge is -2.37. The molecule has 0 aliphatic carbocycles. The monoisotopic (exact) mass is 405 g/mol. The number of nitrogens with one attached hydrogen (secondary N) is 1. The summed E-state index contributed by atoms with van der Waals surface area (Å²) in [5, 5.41) is 3.62. The van der Waals surface area contributed by atoms with Crippen molar-refractivity contribution in [3.63, 3.8) is 0 Å². The molecule has 1 unspecified atom stereocenters. The van der Waals surface area contributed by atoms with E-state index in [2.05, 4.69) is 46.1 Å². The van der Waals surface area contributed by atoms with E-state index in [-0.39, 0.29) is 17.0 Å². The number of esters is 1. The highest BCUT2D eigenvalue weighted by Gasteiger charge is 2.37. The number of methoxy groups -OCH3 is 1. The minimum atomic E-state index is -1.80. The minimum absolute atomic E-state index is 0.0840. The summed E-state index contributed by atoms with van der Waals surface area (Å²) in [4.78, 5) is 13.9. The van der Waals surface area contributed by atoms with Gasteiger partial charge in [0.2, 0.25) is 0 Å². The Balaban J connectivity index is 2.17. The van der Waals surface area contributed by atoms with Crippen molar-refractivity contribution in [3.8, 4) is 10.4 Å². The topological polar surface area (TPSA) is 47.6 Å². The van der Waals surface area contributed by atoms with Crippen LogP contribution in [0.2, 0.25) is 18.1 Å². The Morgan fingerprint density at radius 3 is 2.41 bits per heavy atom. The second kappa shape index (κ2) is 8.58. The molecule has 0 fully saturated rings. The van der Waals surface area contributed by atoms with E-state index in [1.165, 1.54) is 18.4 Å². The quantitative estimate of drug-likeness (QED) is 0.452. The Hall–Kier alpha value is -1.63. The van der Waals surface area contributed by atoms with E-state index in [4.69, 9.17) is 9.16 Å². The molecule has 0 aliphatic heterocycles. The summed E-state index contributed by atoms with van der Waals surface area (Å²) in [5.41, 5.74) is 1.89. The third kappa shape index (κ3) is 5.43. The molecule has 0 saturated carbocycles. The molecule has 6 heteroatoms. The first-order chi connectivity index (χ1) is 12.5. The number of thiophene rings is 1. The van der Waals surface area contributed by atoms with Crippen molar-refractivity contribution in [2.24, 2.45) is 0 Å². The molecule has 0 aliphatic rings. The molecule has 148 valence electrons. The van der Waals surface area contributed by atoms with Gasteiger partial charge in [-0.3, -0.25) is 0 Å². The minimum Gasteiger partial charge on any atom is -0.465 e. The van der Waals surface area contributed by atoms with Gasteiger partial charge in [-0.05, 0) is 36.7 Å². The van der Waals surface area contributed by atoms with Crippen LogP contribution in [0.5, 0.6) is 0 Å². The van der Waals surface area contributed by atoms with E-state index in [0.29, 0.717) is 11.5 Å². The Morgan fingerprint density at radius 1 is 1.22 bits per heavy atom. The predicted molar refractivity (Wildman–Crippen MR) is 117 cm³/mol. The summed E-state index contributed by atoms with van der Waals surface area (Å²) in [6.45, 7) is 13.9. The molecule has 2 aromatic rings. The van der Waals surface area contributed by atoms with Gasteiger partial charge in [0.1, 0.15) is 4.88 Å². The van der Waals surface area contributed by atoms with Gasteiger partial charge in [-0.1, -0.05) is 51.1 Å². The van der Waals surface area contributed by atoms with Crippen LogP contribution in [0.1, 0.15) is 37.4 Å². The Kier molecular flexibility index (Phi) is 6.89. The van der Waals surface area contributed by atoms with E-state index < -0.39 is 8.32 Å². The van der Waals surface area contributed by atoms with Gasteiger partial charge in [0, 0.05) is 10.9 Å². The number of ether oxygens (including phenoxy) is 1. The standard InChI is InChI=1S/C21H31NO3SSi/c1-15(14-25-27(6,7)21(2,3)4)22-17-13-18(16-11-9-8-10-12-16)26-19(17)20(23)24-5/h8-13,15,22H,14H2,1-7H3. The van der Waals surface area contributed by atoms with Crippen LogP contribution in [0.15, 0.2) is 36.4 Å². The molecule has 0 spiro atoms. The number of anilines is 1. The van der Waals surface area contributed by atoms with Crippen LogP contribution >= 0.6 is 11.3 Å². The van der Waals surface area contributed by atoms with Gasteiger partial charge >= 0.3 is 5.97 Å². The normalized spacial score (nSPS) is 13.3. The van der Waals surface area contributed by atoms with Crippen LogP contribution < -0.4 is 5.32 Å². The van der Waals surface area contributed by atoms with Crippen molar-refractivity contribution >= 4 is 31.3 Å². The van der Waals surface area contributed by atoms with E-state index in [1.54, 1.807) is 0 Å². The van der Waals surface area contributed by atoms with Crippen molar-refractivity contribution in [1.82, 2.24) is 0 Å². The van der Waals surface area contributed by atoms with Crippen LogP contribution in [0.3, 0.4) is 0 Å². The van der Waals surface area contributed by atoms with Gasteiger partial charge < -0.3 is 14.5 Å². The summed E-state index contributed by atoms with van der Waals surface area (Å²) in [6, 6.07) is 12.2. The van der Waals surface area contributed by atoms with Gasteiger partial charge in [0.25, 0.3) is 0 Å². The van der Waals surface area contributed by atoms with Crippen LogP contribution in [0, 0.1) is 0 Å². The molecule has 1 atom stereocenters. The highest BCUT2D eigenvalue weighted by molar-refractivity contribution is 7.18. The largest absolute Gasteiger partial charge is 0.465 e. The zero-order valence-corrected chi connectivity index (χ0v) is 19.2. The van der Waals surface area contributed by atoms with E-state index >= 15 is 0 Å². The lowest BCUT2D eigenvalue weighted by atomic mass is 10.2. The second-order valence-corrected chi connectivity index (χ2v) is 14.2. The van der Waals surface area contributed by atoms with Gasteiger partial charge in [-0.15, -0.1) is 11.3 Å². The first-order valence-corrected chi connectivity index (χ1v) is 13.0. The van der Waals surface area contributed by atoms with E-state index in [9.17, 15) is 4.79 Å². The van der Waals surface area contributed by atoms with Gasteiger partial charge in [0.15, 0.2) is 8.32 Å². The molecule has 1 aromatic heterocycles. The number of hydrogen-bond acceptors (Lipinski definition) is 5. The highest BCUT2D eigenvalue weighted by Crippen LogP contribution is 2.37. The summed E-state index contributed by atoms with van der Waals surface area (Å²) < 4.78 is 11.3. The summed E-state index contributed by atoms with van der Waals surface area (Å²) >= 11 is 1.45. The number of benzene rings is 1. The van der Waals surface area contributed by atoms with Crippen molar-refractivity contribution in [1.29, 1.82) is 0 Å². The third-order valence-corrected chi connectivity index (χ3v) is 10.7. The fourth-order valence-electron chi connectivity index (χ4n) is 2.34. The Morgan fingerprint density at radius 2 is 1.85 bits per heavy atom. The van der Waals surface area contributed by atoms with Crippen molar-refractivity contribution in [3.05, 3.63) is 41.3 Å². The van der Waals surface area contributed by atoms with Gasteiger partial charge in [-0.2, -0.15) is 0 Å². The number of carbonyl (C=O) groups excluding carboxylic acids is 1. The maximum absolute atomic E-state index is 12.2. The molecule has 0 radical (unpaired) electrons. The number of carbonyl (C=O) groups is 1. The molecule has 4 nitrogen and oxygen atoms in total. The van der Waals surface area contributed by atoms with Crippen LogP contribution in [-0.2, 0) is 9.16 Å². The molecule has 0 saturated heterocycles.